The van der Waals surface area contributed by atoms with Gasteiger partial charge in [0.05, 0.1) is 0 Å². The summed E-state index contributed by atoms with van der Waals surface area (Å²) in [6.07, 6.45) is 8.62. The van der Waals surface area contributed by atoms with Gasteiger partial charge in [-0.15, -0.1) is 0 Å². The predicted octanol–water partition coefficient (Wildman–Crippen LogP) is 3.00. The second kappa shape index (κ2) is 3.05. The van der Waals surface area contributed by atoms with E-state index in [1.54, 1.807) is 0 Å². The SMILES string of the molecule is CC1CC=CCCC1C. The summed E-state index contributed by atoms with van der Waals surface area (Å²) in [5, 5.41) is 0. The van der Waals surface area contributed by atoms with Crippen LogP contribution in [0.3, 0.4) is 0 Å². The summed E-state index contributed by atoms with van der Waals surface area (Å²) in [6, 6.07) is 0. The highest BCUT2D eigenvalue weighted by atomic mass is 14.2. The van der Waals surface area contributed by atoms with Gasteiger partial charge < -0.3 is 0 Å². The number of rotatable bonds is 0. The van der Waals surface area contributed by atoms with Gasteiger partial charge in [-0.05, 0) is 31.1 Å². The number of hydrogen-bond acceptors (Lipinski definition) is 0. The molecule has 0 aromatic rings. The highest BCUT2D eigenvalue weighted by Crippen LogP contribution is 2.23. The van der Waals surface area contributed by atoms with E-state index in [0.717, 1.165) is 11.8 Å². The predicted molar refractivity (Wildman–Crippen MR) is 41.3 cm³/mol. The van der Waals surface area contributed by atoms with E-state index in [1.165, 1.54) is 19.3 Å². The van der Waals surface area contributed by atoms with Crippen molar-refractivity contribution in [2.75, 3.05) is 0 Å². The molecule has 0 saturated heterocycles. The molecule has 2 unspecified atom stereocenters. The third-order valence-electron chi connectivity index (χ3n) is 2.43. The Morgan fingerprint density at radius 1 is 1.11 bits per heavy atom. The van der Waals surface area contributed by atoms with Gasteiger partial charge in [0.1, 0.15) is 0 Å². The van der Waals surface area contributed by atoms with Crippen molar-refractivity contribution in [2.24, 2.45) is 11.8 Å². The van der Waals surface area contributed by atoms with Gasteiger partial charge in [0.15, 0.2) is 0 Å². The molecular weight excluding hydrogens is 108 g/mol. The van der Waals surface area contributed by atoms with Crippen molar-refractivity contribution in [1.82, 2.24) is 0 Å². The van der Waals surface area contributed by atoms with E-state index >= 15 is 0 Å². The molecule has 1 rings (SSSR count). The van der Waals surface area contributed by atoms with E-state index in [2.05, 4.69) is 26.0 Å². The molecule has 0 heterocycles. The Morgan fingerprint density at radius 3 is 2.67 bits per heavy atom. The van der Waals surface area contributed by atoms with Crippen LogP contribution >= 0.6 is 0 Å². The molecule has 52 valence electrons. The monoisotopic (exact) mass is 124 g/mol. The maximum absolute atomic E-state index is 2.36. The highest BCUT2D eigenvalue weighted by molar-refractivity contribution is 4.88. The quantitative estimate of drug-likeness (QED) is 0.435. The number of allylic oxidation sites excluding steroid dienone is 2. The van der Waals surface area contributed by atoms with E-state index in [4.69, 9.17) is 0 Å². The molecule has 0 radical (unpaired) electrons. The lowest BCUT2D eigenvalue weighted by Crippen LogP contribution is -2.04. The molecule has 0 bridgehead atoms. The molecule has 0 heteroatoms. The van der Waals surface area contributed by atoms with Gasteiger partial charge in [0, 0.05) is 0 Å². The number of hydrogen-bond donors (Lipinski definition) is 0. The molecule has 1 aliphatic carbocycles. The van der Waals surface area contributed by atoms with Gasteiger partial charge >= 0.3 is 0 Å². The van der Waals surface area contributed by atoms with Crippen LogP contribution in [0.2, 0.25) is 0 Å². The molecule has 0 N–H and O–H groups in total. The normalized spacial score (nSPS) is 36.2. The van der Waals surface area contributed by atoms with Crippen LogP contribution in [-0.2, 0) is 0 Å². The first-order valence-corrected chi connectivity index (χ1v) is 3.95. The van der Waals surface area contributed by atoms with Crippen LogP contribution in [0.15, 0.2) is 12.2 Å². The molecule has 0 aromatic heterocycles. The van der Waals surface area contributed by atoms with E-state index in [9.17, 15) is 0 Å². The topological polar surface area (TPSA) is 0 Å². The fourth-order valence-electron chi connectivity index (χ4n) is 1.30. The maximum atomic E-state index is 2.36. The Morgan fingerprint density at radius 2 is 1.89 bits per heavy atom. The molecule has 0 aliphatic heterocycles. The summed E-state index contributed by atoms with van der Waals surface area (Å²) in [5.74, 6) is 1.84. The zero-order valence-corrected chi connectivity index (χ0v) is 6.43. The average molecular weight is 124 g/mol. The molecule has 0 spiro atoms. The van der Waals surface area contributed by atoms with Crippen LogP contribution in [0.4, 0.5) is 0 Å². The zero-order chi connectivity index (χ0) is 6.69. The third-order valence-corrected chi connectivity index (χ3v) is 2.43. The second-order valence-electron chi connectivity index (χ2n) is 3.24. The second-order valence-corrected chi connectivity index (χ2v) is 3.24. The first-order chi connectivity index (χ1) is 4.30. The van der Waals surface area contributed by atoms with E-state index in [-0.39, 0.29) is 0 Å². The van der Waals surface area contributed by atoms with Crippen LogP contribution in [0.25, 0.3) is 0 Å². The summed E-state index contributed by atoms with van der Waals surface area (Å²) in [5.41, 5.74) is 0. The molecule has 2 atom stereocenters. The summed E-state index contributed by atoms with van der Waals surface area (Å²) < 4.78 is 0. The van der Waals surface area contributed by atoms with Crippen molar-refractivity contribution in [3.63, 3.8) is 0 Å². The Kier molecular flexibility index (Phi) is 2.32. The standard InChI is InChI=1S/C9H16/c1-8-6-4-3-5-7-9(8)2/h3-4,8-9H,5-7H2,1-2H3. The lowest BCUT2D eigenvalue weighted by atomic mass is 9.91. The van der Waals surface area contributed by atoms with Crippen molar-refractivity contribution >= 4 is 0 Å². The molecule has 0 saturated carbocycles. The van der Waals surface area contributed by atoms with Gasteiger partial charge in [-0.2, -0.15) is 0 Å². The maximum Gasteiger partial charge on any atom is -0.0322 e. The lowest BCUT2D eigenvalue weighted by Gasteiger charge is -2.14. The Bertz CT molecular complexity index is 103. The fraction of sp³-hybridized carbons (Fsp3) is 0.778. The van der Waals surface area contributed by atoms with Crippen molar-refractivity contribution < 1.29 is 0 Å². The zero-order valence-electron chi connectivity index (χ0n) is 6.43. The van der Waals surface area contributed by atoms with Crippen molar-refractivity contribution in [3.05, 3.63) is 12.2 Å². The minimum absolute atomic E-state index is 0.906. The molecule has 0 aromatic carbocycles. The Hall–Kier alpha value is -0.260. The summed E-state index contributed by atoms with van der Waals surface area (Å²) in [4.78, 5) is 0. The van der Waals surface area contributed by atoms with Crippen LogP contribution in [0, 0.1) is 11.8 Å². The van der Waals surface area contributed by atoms with Crippen LogP contribution in [0.1, 0.15) is 33.1 Å². The van der Waals surface area contributed by atoms with Gasteiger partial charge in [0.25, 0.3) is 0 Å². The van der Waals surface area contributed by atoms with Gasteiger partial charge in [0.2, 0.25) is 0 Å². The first kappa shape index (κ1) is 6.85. The van der Waals surface area contributed by atoms with E-state index in [1.807, 2.05) is 0 Å². The summed E-state index contributed by atoms with van der Waals surface area (Å²) >= 11 is 0. The smallest absolute Gasteiger partial charge is 0.0322 e. The van der Waals surface area contributed by atoms with Crippen molar-refractivity contribution in [1.29, 1.82) is 0 Å². The minimum Gasteiger partial charge on any atom is -0.0885 e. The highest BCUT2D eigenvalue weighted by Gasteiger charge is 2.11. The van der Waals surface area contributed by atoms with Crippen LogP contribution in [-0.4, -0.2) is 0 Å². The molecule has 0 nitrogen and oxygen atoms in total. The third kappa shape index (κ3) is 1.85. The molecular formula is C9H16. The summed E-state index contributed by atoms with van der Waals surface area (Å²) in [7, 11) is 0. The van der Waals surface area contributed by atoms with Gasteiger partial charge in [-0.3, -0.25) is 0 Å². The lowest BCUT2D eigenvalue weighted by molar-refractivity contribution is 0.379. The molecule has 9 heavy (non-hydrogen) atoms. The van der Waals surface area contributed by atoms with Gasteiger partial charge in [-0.25, -0.2) is 0 Å². The molecule has 0 amide bonds. The first-order valence-electron chi connectivity index (χ1n) is 3.95. The molecule has 1 aliphatic rings. The average Bonchev–Trinajstić information content (AvgIpc) is 1.99. The minimum atomic E-state index is 0.906. The molecule has 0 fully saturated rings. The summed E-state index contributed by atoms with van der Waals surface area (Å²) in [6.45, 7) is 4.71. The van der Waals surface area contributed by atoms with E-state index in [0.29, 0.717) is 0 Å². The van der Waals surface area contributed by atoms with Crippen LogP contribution < -0.4 is 0 Å². The van der Waals surface area contributed by atoms with Crippen molar-refractivity contribution in [3.8, 4) is 0 Å². The van der Waals surface area contributed by atoms with Crippen LogP contribution in [0.5, 0.6) is 0 Å². The Labute approximate surface area is 58.0 Å². The van der Waals surface area contributed by atoms with Crippen molar-refractivity contribution in [2.45, 2.75) is 33.1 Å². The van der Waals surface area contributed by atoms with E-state index < -0.39 is 0 Å². The Balaban J connectivity index is 2.42. The fourth-order valence-corrected chi connectivity index (χ4v) is 1.30. The largest absolute Gasteiger partial charge is 0.0885 e. The van der Waals surface area contributed by atoms with Gasteiger partial charge in [-0.1, -0.05) is 26.0 Å².